The SMILES string of the molecule is COCC1(C(=O)Nc2ccc(C(=O)N3CCc4ccccc43)cc2)CCNCC1.Cl. The van der Waals surface area contributed by atoms with Gasteiger partial charge in [-0.2, -0.15) is 0 Å². The average molecular weight is 430 g/mol. The number of halogens is 1. The van der Waals surface area contributed by atoms with Crippen molar-refractivity contribution in [3.8, 4) is 0 Å². The van der Waals surface area contributed by atoms with Crippen LogP contribution in [0.5, 0.6) is 0 Å². The number of carbonyl (C=O) groups excluding carboxylic acids is 2. The Morgan fingerprint density at radius 3 is 2.50 bits per heavy atom. The fourth-order valence-electron chi connectivity index (χ4n) is 4.28. The zero-order valence-corrected chi connectivity index (χ0v) is 18.0. The van der Waals surface area contributed by atoms with Crippen molar-refractivity contribution in [3.05, 3.63) is 59.7 Å². The summed E-state index contributed by atoms with van der Waals surface area (Å²) in [6, 6.07) is 15.2. The van der Waals surface area contributed by atoms with E-state index in [1.165, 1.54) is 5.56 Å². The zero-order valence-electron chi connectivity index (χ0n) is 17.1. The second kappa shape index (κ2) is 9.60. The lowest BCUT2D eigenvalue weighted by Gasteiger charge is -2.35. The molecule has 160 valence electrons. The van der Waals surface area contributed by atoms with E-state index in [9.17, 15) is 9.59 Å². The Morgan fingerprint density at radius 2 is 1.80 bits per heavy atom. The van der Waals surface area contributed by atoms with Crippen molar-refractivity contribution >= 4 is 35.6 Å². The molecular formula is C23H28ClN3O3. The van der Waals surface area contributed by atoms with Gasteiger partial charge in [0, 0.05) is 30.6 Å². The van der Waals surface area contributed by atoms with E-state index in [-0.39, 0.29) is 24.2 Å². The zero-order chi connectivity index (χ0) is 20.3. The number of benzene rings is 2. The molecule has 2 aliphatic heterocycles. The van der Waals surface area contributed by atoms with Crippen molar-refractivity contribution in [1.29, 1.82) is 0 Å². The van der Waals surface area contributed by atoms with E-state index in [1.807, 2.05) is 23.1 Å². The largest absolute Gasteiger partial charge is 0.384 e. The molecule has 2 aliphatic rings. The lowest BCUT2D eigenvalue weighted by molar-refractivity contribution is -0.130. The summed E-state index contributed by atoms with van der Waals surface area (Å²) in [5.74, 6) is -0.0320. The lowest BCUT2D eigenvalue weighted by Crippen LogP contribution is -2.47. The van der Waals surface area contributed by atoms with E-state index in [0.717, 1.165) is 38.0 Å². The summed E-state index contributed by atoms with van der Waals surface area (Å²) in [6.07, 6.45) is 2.38. The molecular weight excluding hydrogens is 402 g/mol. The van der Waals surface area contributed by atoms with Gasteiger partial charge in [-0.1, -0.05) is 18.2 Å². The monoisotopic (exact) mass is 429 g/mol. The first-order valence-corrected chi connectivity index (χ1v) is 10.1. The third-order valence-corrected chi connectivity index (χ3v) is 5.98. The van der Waals surface area contributed by atoms with Gasteiger partial charge in [-0.25, -0.2) is 0 Å². The van der Waals surface area contributed by atoms with Crippen LogP contribution >= 0.6 is 12.4 Å². The predicted octanol–water partition coefficient (Wildman–Crippen LogP) is 3.27. The Balaban J connectivity index is 0.00000256. The van der Waals surface area contributed by atoms with Gasteiger partial charge >= 0.3 is 0 Å². The quantitative estimate of drug-likeness (QED) is 0.765. The number of ether oxygens (including phenoxy) is 1. The normalized spacial score (nSPS) is 17.0. The van der Waals surface area contributed by atoms with Gasteiger partial charge in [0.05, 0.1) is 12.0 Å². The van der Waals surface area contributed by atoms with Gasteiger partial charge in [0.2, 0.25) is 5.91 Å². The standard InChI is InChI=1S/C23H27N3O3.ClH/c1-29-16-23(11-13-24-14-12-23)22(28)25-19-8-6-18(7-9-19)21(27)26-15-10-17-4-2-3-5-20(17)26;/h2-9,24H,10-16H2,1H3,(H,25,28);1H. The summed E-state index contributed by atoms with van der Waals surface area (Å²) in [7, 11) is 1.63. The minimum Gasteiger partial charge on any atom is -0.384 e. The fourth-order valence-corrected chi connectivity index (χ4v) is 4.28. The summed E-state index contributed by atoms with van der Waals surface area (Å²) < 4.78 is 5.34. The molecule has 0 aliphatic carbocycles. The Bertz CT molecular complexity index is 889. The van der Waals surface area contributed by atoms with Crippen LogP contribution in [0.4, 0.5) is 11.4 Å². The second-order valence-electron chi connectivity index (χ2n) is 7.83. The molecule has 1 saturated heterocycles. The van der Waals surface area contributed by atoms with Gasteiger partial charge in [0.1, 0.15) is 0 Å². The molecule has 0 atom stereocenters. The summed E-state index contributed by atoms with van der Waals surface area (Å²) >= 11 is 0. The topological polar surface area (TPSA) is 70.7 Å². The molecule has 0 unspecified atom stereocenters. The van der Waals surface area contributed by atoms with Gasteiger partial charge in [0.15, 0.2) is 0 Å². The fraction of sp³-hybridized carbons (Fsp3) is 0.391. The number of para-hydroxylation sites is 1. The minimum atomic E-state index is -0.506. The van der Waals surface area contributed by atoms with Crippen LogP contribution in [0.1, 0.15) is 28.8 Å². The van der Waals surface area contributed by atoms with Crippen molar-refractivity contribution in [2.24, 2.45) is 5.41 Å². The maximum Gasteiger partial charge on any atom is 0.258 e. The van der Waals surface area contributed by atoms with Crippen LogP contribution in [-0.2, 0) is 16.0 Å². The van der Waals surface area contributed by atoms with E-state index in [2.05, 4.69) is 16.7 Å². The van der Waals surface area contributed by atoms with Crippen LogP contribution < -0.4 is 15.5 Å². The number of amides is 2. The number of methoxy groups -OCH3 is 1. The van der Waals surface area contributed by atoms with Crippen molar-refractivity contribution in [1.82, 2.24) is 5.32 Å². The van der Waals surface area contributed by atoms with Crippen LogP contribution in [0, 0.1) is 5.41 Å². The molecule has 1 fully saturated rings. The summed E-state index contributed by atoms with van der Waals surface area (Å²) in [6.45, 7) is 2.72. The molecule has 0 spiro atoms. The summed E-state index contributed by atoms with van der Waals surface area (Å²) in [5, 5.41) is 6.31. The van der Waals surface area contributed by atoms with Crippen LogP contribution in [0.2, 0.25) is 0 Å². The van der Waals surface area contributed by atoms with Crippen LogP contribution in [0.15, 0.2) is 48.5 Å². The van der Waals surface area contributed by atoms with Gasteiger partial charge in [-0.3, -0.25) is 9.59 Å². The molecule has 2 aromatic rings. The number of nitrogens with one attached hydrogen (secondary N) is 2. The first-order valence-electron chi connectivity index (χ1n) is 10.1. The molecule has 2 amide bonds. The average Bonchev–Trinajstić information content (AvgIpc) is 3.19. The highest BCUT2D eigenvalue weighted by atomic mass is 35.5. The number of rotatable bonds is 5. The molecule has 4 rings (SSSR count). The Kier molecular flexibility index (Phi) is 7.13. The molecule has 2 heterocycles. The third kappa shape index (κ3) is 4.36. The van der Waals surface area contributed by atoms with Crippen molar-refractivity contribution in [2.75, 3.05) is 43.6 Å². The van der Waals surface area contributed by atoms with E-state index in [0.29, 0.717) is 24.4 Å². The molecule has 0 bridgehead atoms. The molecule has 2 N–H and O–H groups in total. The molecule has 30 heavy (non-hydrogen) atoms. The third-order valence-electron chi connectivity index (χ3n) is 5.98. The van der Waals surface area contributed by atoms with Gasteiger partial charge < -0.3 is 20.3 Å². The second-order valence-corrected chi connectivity index (χ2v) is 7.83. The lowest BCUT2D eigenvalue weighted by atomic mass is 9.78. The maximum absolute atomic E-state index is 13.0. The van der Waals surface area contributed by atoms with Crippen LogP contribution in [-0.4, -0.2) is 45.2 Å². The maximum atomic E-state index is 13.0. The van der Waals surface area contributed by atoms with Gasteiger partial charge in [-0.05, 0) is 68.2 Å². The molecule has 0 aromatic heterocycles. The number of carbonyl (C=O) groups is 2. The molecule has 0 saturated carbocycles. The Hall–Kier alpha value is -2.41. The Labute approximate surface area is 183 Å². The molecule has 6 nitrogen and oxygen atoms in total. The highest BCUT2D eigenvalue weighted by Crippen LogP contribution is 2.32. The smallest absolute Gasteiger partial charge is 0.258 e. The number of hydrogen-bond acceptors (Lipinski definition) is 4. The van der Waals surface area contributed by atoms with Crippen molar-refractivity contribution in [3.63, 3.8) is 0 Å². The van der Waals surface area contributed by atoms with Crippen molar-refractivity contribution in [2.45, 2.75) is 19.3 Å². The number of piperidine rings is 1. The highest BCUT2D eigenvalue weighted by Gasteiger charge is 2.39. The predicted molar refractivity (Wildman–Crippen MR) is 121 cm³/mol. The van der Waals surface area contributed by atoms with E-state index < -0.39 is 5.41 Å². The number of anilines is 2. The summed E-state index contributed by atoms with van der Waals surface area (Å²) in [5.41, 5.74) is 3.00. The summed E-state index contributed by atoms with van der Waals surface area (Å²) in [4.78, 5) is 27.7. The van der Waals surface area contributed by atoms with E-state index >= 15 is 0 Å². The van der Waals surface area contributed by atoms with Crippen molar-refractivity contribution < 1.29 is 14.3 Å². The van der Waals surface area contributed by atoms with E-state index in [1.54, 1.807) is 31.4 Å². The van der Waals surface area contributed by atoms with Crippen LogP contribution in [0.3, 0.4) is 0 Å². The number of fused-ring (bicyclic) bond motifs is 1. The Morgan fingerprint density at radius 1 is 1.10 bits per heavy atom. The first-order chi connectivity index (χ1) is 14.1. The van der Waals surface area contributed by atoms with Crippen LogP contribution in [0.25, 0.3) is 0 Å². The molecule has 2 aromatic carbocycles. The van der Waals surface area contributed by atoms with Gasteiger partial charge in [-0.15, -0.1) is 12.4 Å². The number of hydrogen-bond donors (Lipinski definition) is 2. The highest BCUT2D eigenvalue weighted by molar-refractivity contribution is 6.07. The first kappa shape index (κ1) is 22.3. The number of nitrogens with zero attached hydrogens (tertiary/aromatic N) is 1. The molecule has 0 radical (unpaired) electrons. The van der Waals surface area contributed by atoms with E-state index in [4.69, 9.17) is 4.74 Å². The molecule has 7 heteroatoms. The minimum absolute atomic E-state index is 0. The van der Waals surface area contributed by atoms with Gasteiger partial charge in [0.25, 0.3) is 5.91 Å².